The number of aliphatic carboxylic acids is 1. The first-order valence-electron chi connectivity index (χ1n) is 15.3. The highest BCUT2D eigenvalue weighted by Gasteiger charge is 2.48. The molecule has 0 bridgehead atoms. The summed E-state index contributed by atoms with van der Waals surface area (Å²) in [5.41, 5.74) is 4.24. The summed E-state index contributed by atoms with van der Waals surface area (Å²) in [6.45, 7) is 5.22. The third-order valence-electron chi connectivity index (χ3n) is 8.62. The van der Waals surface area contributed by atoms with Crippen molar-refractivity contribution in [2.75, 3.05) is 51.1 Å². The molecule has 3 atom stereocenters. The smallest absolute Gasteiger partial charge is 0.309 e. The van der Waals surface area contributed by atoms with Gasteiger partial charge in [-0.2, -0.15) is 0 Å². The molecule has 2 aliphatic rings. The molecular weight excluding hydrogens is 596 g/mol. The van der Waals surface area contributed by atoms with Gasteiger partial charge in [0.05, 0.1) is 29.7 Å². The van der Waals surface area contributed by atoms with Crippen LogP contribution < -0.4 is 14.8 Å². The molecule has 1 fully saturated rings. The van der Waals surface area contributed by atoms with Crippen molar-refractivity contribution in [1.82, 2.24) is 4.90 Å². The van der Waals surface area contributed by atoms with E-state index in [1.807, 2.05) is 49.1 Å². The number of ether oxygens (including phenoxy) is 3. The first kappa shape index (κ1) is 32.5. The number of para-hydroxylation sites is 1. The van der Waals surface area contributed by atoms with Crippen molar-refractivity contribution in [3.63, 3.8) is 0 Å². The van der Waals surface area contributed by atoms with Crippen LogP contribution in [0.4, 0.5) is 5.69 Å². The van der Waals surface area contributed by atoms with Crippen LogP contribution >= 0.6 is 0 Å². The second-order valence-corrected chi connectivity index (χ2v) is 13.4. The quantitative estimate of drug-likeness (QED) is 0.295. The van der Waals surface area contributed by atoms with Crippen molar-refractivity contribution in [3.8, 4) is 11.5 Å². The molecule has 2 aliphatic heterocycles. The molecule has 0 radical (unpaired) electrons. The SMILES string of the molecule is CCc1cccc(CC)c1NC(=O)CN1C[C@H](c2ccc3c(c2)OCCO3)[C@@H](C(=O)O)[C@@H]1c1ccc(S(=O)(=O)CCOC)cc1. The molecule has 5 rings (SSSR count). The van der Waals surface area contributed by atoms with Crippen LogP contribution in [0.5, 0.6) is 11.5 Å². The molecule has 11 heteroatoms. The Balaban J connectivity index is 1.50. The number of amides is 1. The van der Waals surface area contributed by atoms with Crippen molar-refractivity contribution >= 4 is 27.4 Å². The average Bonchev–Trinajstić information content (AvgIpc) is 3.42. The lowest BCUT2D eigenvalue weighted by Crippen LogP contribution is -2.35. The number of sulfone groups is 1. The number of likely N-dealkylation sites (tertiary alicyclic amines) is 1. The van der Waals surface area contributed by atoms with Gasteiger partial charge in [0, 0.05) is 31.3 Å². The molecule has 3 aromatic rings. The predicted octanol–water partition coefficient (Wildman–Crippen LogP) is 4.48. The summed E-state index contributed by atoms with van der Waals surface area (Å²) >= 11 is 0. The van der Waals surface area contributed by atoms with Gasteiger partial charge in [-0.25, -0.2) is 8.42 Å². The summed E-state index contributed by atoms with van der Waals surface area (Å²) in [5.74, 6) is -1.66. The van der Waals surface area contributed by atoms with E-state index in [-0.39, 0.29) is 29.7 Å². The molecule has 1 saturated heterocycles. The third-order valence-corrected chi connectivity index (χ3v) is 10.3. The average molecular weight is 637 g/mol. The van der Waals surface area contributed by atoms with E-state index < -0.39 is 33.7 Å². The van der Waals surface area contributed by atoms with Crippen LogP contribution in [0, 0.1) is 5.92 Å². The zero-order valence-electron chi connectivity index (χ0n) is 25.8. The number of carboxylic acid groups (broad SMARTS) is 1. The van der Waals surface area contributed by atoms with E-state index in [1.54, 1.807) is 18.2 Å². The summed E-state index contributed by atoms with van der Waals surface area (Å²) in [5, 5.41) is 13.7. The summed E-state index contributed by atoms with van der Waals surface area (Å²) in [7, 11) is -2.14. The number of fused-ring (bicyclic) bond motifs is 1. The van der Waals surface area contributed by atoms with Gasteiger partial charge in [-0.15, -0.1) is 0 Å². The molecule has 3 aromatic carbocycles. The fourth-order valence-electron chi connectivity index (χ4n) is 6.37. The van der Waals surface area contributed by atoms with E-state index in [1.165, 1.54) is 19.2 Å². The number of nitrogens with zero attached hydrogens (tertiary/aromatic N) is 1. The highest BCUT2D eigenvalue weighted by atomic mass is 32.2. The molecule has 10 nitrogen and oxygen atoms in total. The summed E-state index contributed by atoms with van der Waals surface area (Å²) < 4.78 is 42.0. The number of hydrogen-bond donors (Lipinski definition) is 2. The van der Waals surface area contributed by atoms with Gasteiger partial charge in [0.1, 0.15) is 13.2 Å². The summed E-state index contributed by atoms with van der Waals surface area (Å²) in [6.07, 6.45) is 1.51. The van der Waals surface area contributed by atoms with Crippen LogP contribution in [0.1, 0.15) is 48.1 Å². The molecule has 1 amide bonds. The lowest BCUT2D eigenvalue weighted by molar-refractivity contribution is -0.143. The lowest BCUT2D eigenvalue weighted by atomic mass is 9.82. The van der Waals surface area contributed by atoms with Crippen molar-refractivity contribution in [3.05, 3.63) is 82.9 Å². The van der Waals surface area contributed by atoms with Crippen LogP contribution in [0.3, 0.4) is 0 Å². The maximum Gasteiger partial charge on any atom is 0.309 e. The van der Waals surface area contributed by atoms with E-state index in [9.17, 15) is 23.1 Å². The minimum absolute atomic E-state index is 0.0510. The molecule has 0 saturated carbocycles. The third kappa shape index (κ3) is 7.00. The van der Waals surface area contributed by atoms with E-state index in [0.717, 1.165) is 35.2 Å². The zero-order chi connectivity index (χ0) is 32.1. The summed E-state index contributed by atoms with van der Waals surface area (Å²) in [4.78, 5) is 28.7. The number of hydrogen-bond acceptors (Lipinski definition) is 8. The predicted molar refractivity (Wildman–Crippen MR) is 170 cm³/mol. The summed E-state index contributed by atoms with van der Waals surface area (Å²) in [6, 6.07) is 17.0. The van der Waals surface area contributed by atoms with Gasteiger partial charge in [0.15, 0.2) is 21.3 Å². The van der Waals surface area contributed by atoms with Crippen LogP contribution in [-0.2, 0) is 37.0 Å². The fraction of sp³-hybridized carbons (Fsp3) is 0.412. The molecule has 240 valence electrons. The standard InChI is InChI=1S/C34H40N2O8S/c1-4-22-7-6-8-23(5-2)32(22)35-30(37)21-36-20-27(25-11-14-28-29(19-25)44-16-15-43-28)31(34(38)39)33(36)24-9-12-26(13-10-24)45(40,41)18-17-42-3/h6-14,19,27,31,33H,4-5,15-18,20-21H2,1-3H3,(H,35,37)(H,38,39)/t27-,31-,33+/m1/s1. The van der Waals surface area contributed by atoms with Gasteiger partial charge in [-0.05, 0) is 59.4 Å². The van der Waals surface area contributed by atoms with Gasteiger partial charge in [0.25, 0.3) is 0 Å². The van der Waals surface area contributed by atoms with E-state index in [4.69, 9.17) is 14.2 Å². The Morgan fingerprint density at radius 2 is 1.60 bits per heavy atom. The van der Waals surface area contributed by atoms with Crippen molar-refractivity contribution in [2.24, 2.45) is 5.92 Å². The van der Waals surface area contributed by atoms with Crippen LogP contribution in [0.25, 0.3) is 0 Å². The number of anilines is 1. The Kier molecular flexibility index (Phi) is 10.1. The fourth-order valence-corrected chi connectivity index (χ4v) is 7.54. The Morgan fingerprint density at radius 1 is 0.956 bits per heavy atom. The first-order chi connectivity index (χ1) is 21.7. The second-order valence-electron chi connectivity index (χ2n) is 11.3. The van der Waals surface area contributed by atoms with Crippen molar-refractivity contribution in [1.29, 1.82) is 0 Å². The van der Waals surface area contributed by atoms with Crippen molar-refractivity contribution in [2.45, 2.75) is 43.5 Å². The van der Waals surface area contributed by atoms with Gasteiger partial charge in [0.2, 0.25) is 5.91 Å². The van der Waals surface area contributed by atoms with Gasteiger partial charge < -0.3 is 24.6 Å². The number of methoxy groups -OCH3 is 1. The minimum atomic E-state index is -3.58. The maximum atomic E-state index is 13.7. The van der Waals surface area contributed by atoms with Crippen LogP contribution in [0.2, 0.25) is 0 Å². The minimum Gasteiger partial charge on any atom is -0.486 e. The number of aryl methyl sites for hydroxylation is 2. The number of nitrogens with one attached hydrogen (secondary N) is 1. The molecule has 0 aromatic heterocycles. The Bertz CT molecular complexity index is 1620. The Morgan fingerprint density at radius 3 is 2.22 bits per heavy atom. The van der Waals surface area contributed by atoms with Crippen LogP contribution in [0.15, 0.2) is 65.6 Å². The zero-order valence-corrected chi connectivity index (χ0v) is 26.6. The number of carbonyl (C=O) groups excluding carboxylic acids is 1. The number of carboxylic acids is 1. The van der Waals surface area contributed by atoms with Crippen molar-refractivity contribution < 1.29 is 37.3 Å². The monoisotopic (exact) mass is 636 g/mol. The largest absolute Gasteiger partial charge is 0.486 e. The maximum absolute atomic E-state index is 13.7. The molecule has 2 heterocycles. The van der Waals surface area contributed by atoms with E-state index in [2.05, 4.69) is 5.32 Å². The second kappa shape index (κ2) is 14.0. The first-order valence-corrected chi connectivity index (χ1v) is 16.9. The van der Waals surface area contributed by atoms with Gasteiger partial charge in [-0.3, -0.25) is 14.5 Å². The number of rotatable bonds is 12. The normalized spacial score (nSPS) is 19.8. The molecule has 0 unspecified atom stereocenters. The topological polar surface area (TPSA) is 131 Å². The van der Waals surface area contributed by atoms with E-state index in [0.29, 0.717) is 36.8 Å². The molecule has 0 spiro atoms. The Labute approximate surface area is 264 Å². The lowest BCUT2D eigenvalue weighted by Gasteiger charge is -2.27. The van der Waals surface area contributed by atoms with Gasteiger partial charge >= 0.3 is 5.97 Å². The molecule has 2 N–H and O–H groups in total. The van der Waals surface area contributed by atoms with E-state index >= 15 is 0 Å². The number of carbonyl (C=O) groups is 2. The van der Waals surface area contributed by atoms with Gasteiger partial charge in [-0.1, -0.05) is 50.2 Å². The highest BCUT2D eigenvalue weighted by Crippen LogP contribution is 2.47. The molecule has 45 heavy (non-hydrogen) atoms. The van der Waals surface area contributed by atoms with Crippen LogP contribution in [-0.4, -0.2) is 76.1 Å². The highest BCUT2D eigenvalue weighted by molar-refractivity contribution is 7.91. The number of benzene rings is 3. The molecular formula is C34H40N2O8S. The molecule has 0 aliphatic carbocycles. The Hall–Kier alpha value is -3.93.